The number of aliphatic hydroxyl groups is 1. The zero-order valence-corrected chi connectivity index (χ0v) is 10.7. The van der Waals surface area contributed by atoms with Crippen LogP contribution in [0.5, 0.6) is 0 Å². The lowest BCUT2D eigenvalue weighted by Gasteiger charge is -2.21. The summed E-state index contributed by atoms with van der Waals surface area (Å²) in [5, 5.41) is 9.95. The van der Waals surface area contributed by atoms with Gasteiger partial charge in [0.2, 0.25) is 0 Å². The molecular formula is C13H26O3. The van der Waals surface area contributed by atoms with Crippen LogP contribution in [0.1, 0.15) is 51.9 Å². The summed E-state index contributed by atoms with van der Waals surface area (Å²) >= 11 is 0. The van der Waals surface area contributed by atoms with E-state index in [0.29, 0.717) is 6.10 Å². The lowest BCUT2D eigenvalue weighted by Crippen LogP contribution is -2.28. The quantitative estimate of drug-likeness (QED) is 0.696. The molecule has 1 N–H and O–H groups in total. The van der Waals surface area contributed by atoms with Crippen molar-refractivity contribution in [2.75, 3.05) is 13.7 Å². The molecule has 0 radical (unpaired) electrons. The van der Waals surface area contributed by atoms with Crippen LogP contribution in [0.4, 0.5) is 0 Å². The van der Waals surface area contributed by atoms with Gasteiger partial charge >= 0.3 is 0 Å². The summed E-state index contributed by atoms with van der Waals surface area (Å²) < 4.78 is 10.8. The fraction of sp³-hybridized carbons (Fsp3) is 1.00. The first-order chi connectivity index (χ1) is 7.77. The standard InChI is InChI=1S/C13H26O3/c1-3-6-13(15-2)12(14)9-4-7-11-8-5-10-16-11/h11-14H,3-10H2,1-2H3. The minimum atomic E-state index is -0.314. The van der Waals surface area contributed by atoms with Crippen molar-refractivity contribution in [1.29, 1.82) is 0 Å². The van der Waals surface area contributed by atoms with E-state index in [1.165, 1.54) is 12.8 Å². The van der Waals surface area contributed by atoms with Gasteiger partial charge in [-0.1, -0.05) is 13.3 Å². The highest BCUT2D eigenvalue weighted by Gasteiger charge is 2.19. The second-order valence-electron chi connectivity index (χ2n) is 4.70. The number of methoxy groups -OCH3 is 1. The van der Waals surface area contributed by atoms with E-state index < -0.39 is 0 Å². The molecule has 0 aromatic rings. The largest absolute Gasteiger partial charge is 0.390 e. The second-order valence-corrected chi connectivity index (χ2v) is 4.70. The van der Waals surface area contributed by atoms with Gasteiger partial charge in [0.05, 0.1) is 18.3 Å². The number of hydrogen-bond donors (Lipinski definition) is 1. The van der Waals surface area contributed by atoms with Gasteiger partial charge in [-0.3, -0.25) is 0 Å². The lowest BCUT2D eigenvalue weighted by atomic mass is 10.0. The molecule has 16 heavy (non-hydrogen) atoms. The van der Waals surface area contributed by atoms with Crippen molar-refractivity contribution in [3.05, 3.63) is 0 Å². The molecule has 0 amide bonds. The maximum absolute atomic E-state index is 9.95. The van der Waals surface area contributed by atoms with Gasteiger partial charge in [-0.05, 0) is 38.5 Å². The number of aliphatic hydroxyl groups excluding tert-OH is 1. The third-order valence-electron chi connectivity index (χ3n) is 3.36. The Morgan fingerprint density at radius 3 is 2.81 bits per heavy atom. The first-order valence-corrected chi connectivity index (χ1v) is 6.60. The summed E-state index contributed by atoms with van der Waals surface area (Å²) in [6, 6.07) is 0. The minimum absolute atomic E-state index is 0.00879. The summed E-state index contributed by atoms with van der Waals surface area (Å²) in [4.78, 5) is 0. The fourth-order valence-corrected chi connectivity index (χ4v) is 2.36. The van der Waals surface area contributed by atoms with Crippen molar-refractivity contribution in [1.82, 2.24) is 0 Å². The molecule has 0 saturated carbocycles. The molecule has 0 aliphatic carbocycles. The summed E-state index contributed by atoms with van der Waals surface area (Å²) in [5.74, 6) is 0. The Balaban J connectivity index is 2.09. The molecule has 0 bridgehead atoms. The number of hydrogen-bond acceptors (Lipinski definition) is 3. The number of ether oxygens (including phenoxy) is 2. The van der Waals surface area contributed by atoms with Gasteiger partial charge in [0.15, 0.2) is 0 Å². The molecule has 1 aliphatic rings. The molecule has 3 nitrogen and oxygen atoms in total. The van der Waals surface area contributed by atoms with Crippen molar-refractivity contribution >= 4 is 0 Å². The molecule has 1 fully saturated rings. The topological polar surface area (TPSA) is 38.7 Å². The molecule has 96 valence electrons. The second kappa shape index (κ2) is 8.04. The Bertz CT molecular complexity index is 167. The molecule has 1 heterocycles. The smallest absolute Gasteiger partial charge is 0.0830 e. The molecule has 0 spiro atoms. The van der Waals surface area contributed by atoms with Crippen molar-refractivity contribution in [2.45, 2.75) is 70.2 Å². The zero-order valence-electron chi connectivity index (χ0n) is 10.7. The van der Waals surface area contributed by atoms with E-state index in [1.807, 2.05) is 0 Å². The van der Waals surface area contributed by atoms with Gasteiger partial charge in [-0.2, -0.15) is 0 Å². The first-order valence-electron chi connectivity index (χ1n) is 6.60. The molecule has 0 aromatic carbocycles. The summed E-state index contributed by atoms with van der Waals surface area (Å²) in [6.07, 6.45) is 7.48. The molecule has 3 atom stereocenters. The lowest BCUT2D eigenvalue weighted by molar-refractivity contribution is -0.0227. The molecule has 3 unspecified atom stereocenters. The van der Waals surface area contributed by atoms with Crippen LogP contribution in [-0.2, 0) is 9.47 Å². The van der Waals surface area contributed by atoms with Gasteiger partial charge < -0.3 is 14.6 Å². The van der Waals surface area contributed by atoms with E-state index in [2.05, 4.69) is 6.92 Å². The molecule has 1 saturated heterocycles. The summed E-state index contributed by atoms with van der Waals surface area (Å²) in [6.45, 7) is 3.04. The first kappa shape index (κ1) is 13.9. The van der Waals surface area contributed by atoms with Crippen molar-refractivity contribution in [2.24, 2.45) is 0 Å². The maximum Gasteiger partial charge on any atom is 0.0830 e. The van der Waals surface area contributed by atoms with Crippen LogP contribution in [0.3, 0.4) is 0 Å². The van der Waals surface area contributed by atoms with E-state index >= 15 is 0 Å². The van der Waals surface area contributed by atoms with Gasteiger partial charge in [-0.15, -0.1) is 0 Å². The molecule has 0 aromatic heterocycles. The van der Waals surface area contributed by atoms with E-state index in [1.54, 1.807) is 7.11 Å². The summed E-state index contributed by atoms with van der Waals surface area (Å²) in [5.41, 5.74) is 0. The SMILES string of the molecule is CCCC(OC)C(O)CCCC1CCCO1. The van der Waals surface area contributed by atoms with Crippen LogP contribution in [-0.4, -0.2) is 37.1 Å². The van der Waals surface area contributed by atoms with Gasteiger partial charge in [0, 0.05) is 13.7 Å². The highest BCUT2D eigenvalue weighted by atomic mass is 16.5. The van der Waals surface area contributed by atoms with Crippen LogP contribution in [0, 0.1) is 0 Å². The maximum atomic E-state index is 9.95. The van der Waals surface area contributed by atoms with E-state index in [4.69, 9.17) is 9.47 Å². The Kier molecular flexibility index (Phi) is 7.01. The van der Waals surface area contributed by atoms with Crippen molar-refractivity contribution in [3.63, 3.8) is 0 Å². The fourth-order valence-electron chi connectivity index (χ4n) is 2.36. The van der Waals surface area contributed by atoms with Crippen LogP contribution in [0.25, 0.3) is 0 Å². The van der Waals surface area contributed by atoms with Crippen LogP contribution in [0.2, 0.25) is 0 Å². The monoisotopic (exact) mass is 230 g/mol. The third-order valence-corrected chi connectivity index (χ3v) is 3.36. The van der Waals surface area contributed by atoms with Crippen LogP contribution < -0.4 is 0 Å². The normalized spacial score (nSPS) is 24.6. The molecular weight excluding hydrogens is 204 g/mol. The average molecular weight is 230 g/mol. The average Bonchev–Trinajstić information content (AvgIpc) is 2.78. The zero-order chi connectivity index (χ0) is 11.8. The molecule has 3 heteroatoms. The van der Waals surface area contributed by atoms with E-state index in [-0.39, 0.29) is 12.2 Å². The molecule has 1 aliphatic heterocycles. The van der Waals surface area contributed by atoms with Crippen LogP contribution >= 0.6 is 0 Å². The minimum Gasteiger partial charge on any atom is -0.390 e. The van der Waals surface area contributed by atoms with Gasteiger partial charge in [0.1, 0.15) is 0 Å². The predicted molar refractivity (Wildman–Crippen MR) is 64.5 cm³/mol. The van der Waals surface area contributed by atoms with Crippen LogP contribution in [0.15, 0.2) is 0 Å². The van der Waals surface area contributed by atoms with Gasteiger partial charge in [0.25, 0.3) is 0 Å². The van der Waals surface area contributed by atoms with E-state index in [0.717, 1.165) is 38.7 Å². The predicted octanol–water partition coefficient (Wildman–Crippen LogP) is 2.51. The Morgan fingerprint density at radius 2 is 2.25 bits per heavy atom. The Labute approximate surface area is 99.1 Å². The molecule has 1 rings (SSSR count). The highest BCUT2D eigenvalue weighted by molar-refractivity contribution is 4.71. The number of rotatable bonds is 8. The van der Waals surface area contributed by atoms with Crippen molar-refractivity contribution < 1.29 is 14.6 Å². The summed E-state index contributed by atoms with van der Waals surface area (Å²) in [7, 11) is 1.68. The highest BCUT2D eigenvalue weighted by Crippen LogP contribution is 2.19. The van der Waals surface area contributed by atoms with Gasteiger partial charge in [-0.25, -0.2) is 0 Å². The Hall–Kier alpha value is -0.120. The Morgan fingerprint density at radius 1 is 1.44 bits per heavy atom. The van der Waals surface area contributed by atoms with E-state index in [9.17, 15) is 5.11 Å². The third kappa shape index (κ3) is 4.81. The van der Waals surface area contributed by atoms with Crippen molar-refractivity contribution in [3.8, 4) is 0 Å².